The number of thiocarbonyl (C=S) groups is 1. The third kappa shape index (κ3) is 4.89. The lowest BCUT2D eigenvalue weighted by Crippen LogP contribution is -2.29. The molecule has 0 spiro atoms. The Hall–Kier alpha value is -3.76. The quantitative estimate of drug-likeness (QED) is 0.310. The Morgan fingerprint density at radius 1 is 1.00 bits per heavy atom. The van der Waals surface area contributed by atoms with E-state index >= 15 is 0 Å². The van der Waals surface area contributed by atoms with Crippen LogP contribution in [0.5, 0.6) is 0 Å². The van der Waals surface area contributed by atoms with Gasteiger partial charge in [-0.05, 0) is 98.7 Å². The molecule has 5 rings (SSSR count). The number of anilines is 2. The van der Waals surface area contributed by atoms with Crippen molar-refractivity contribution in [2.45, 2.75) is 32.9 Å². The topological polar surface area (TPSA) is 79.3 Å². The second kappa shape index (κ2) is 9.85. The van der Waals surface area contributed by atoms with Crippen LogP contribution in [0.4, 0.5) is 15.8 Å². The molecule has 0 saturated carbocycles. The van der Waals surface area contributed by atoms with Gasteiger partial charge in [0.15, 0.2) is 5.11 Å². The first kappa shape index (κ1) is 25.9. The Morgan fingerprint density at radius 2 is 1.79 bits per heavy atom. The van der Waals surface area contributed by atoms with E-state index in [0.717, 1.165) is 45.8 Å². The summed E-state index contributed by atoms with van der Waals surface area (Å²) < 4.78 is 42.3. The maximum absolute atomic E-state index is 14.1. The van der Waals surface area contributed by atoms with Crippen molar-refractivity contribution in [3.05, 3.63) is 107 Å². The van der Waals surface area contributed by atoms with E-state index in [1.807, 2.05) is 66.6 Å². The van der Waals surface area contributed by atoms with Crippen LogP contribution in [-0.4, -0.2) is 29.3 Å². The molecule has 2 aromatic carbocycles. The number of nitrogens with zero attached hydrogens (tertiary/aromatic N) is 3. The van der Waals surface area contributed by atoms with Crippen LogP contribution >= 0.6 is 12.2 Å². The fraction of sp³-hybridized carbons (Fsp3) is 0.214. The Morgan fingerprint density at radius 3 is 2.45 bits per heavy atom. The highest BCUT2D eigenvalue weighted by atomic mass is 32.2. The summed E-state index contributed by atoms with van der Waals surface area (Å²) in [5.41, 5.74) is 6.62. The zero-order valence-corrected chi connectivity index (χ0v) is 23.1. The molecule has 2 atom stereocenters. The van der Waals surface area contributed by atoms with E-state index in [1.165, 1.54) is 12.1 Å². The number of aryl methyl sites for hydroxylation is 2. The number of hydrogen-bond acceptors (Lipinski definition) is 4. The molecule has 0 bridgehead atoms. The molecule has 3 heterocycles. The smallest absolute Gasteiger partial charge is 0.229 e. The summed E-state index contributed by atoms with van der Waals surface area (Å²) >= 11 is 5.85. The van der Waals surface area contributed by atoms with Crippen LogP contribution in [0.3, 0.4) is 0 Å². The molecule has 38 heavy (non-hydrogen) atoms. The second-order valence-corrected chi connectivity index (χ2v) is 11.6. The molecule has 0 aliphatic carbocycles. The number of pyridine rings is 1. The first-order chi connectivity index (χ1) is 18.0. The van der Waals surface area contributed by atoms with Crippen molar-refractivity contribution in [3.8, 4) is 5.69 Å². The van der Waals surface area contributed by atoms with Gasteiger partial charge in [-0.25, -0.2) is 12.8 Å². The molecule has 2 N–H and O–H groups in total. The van der Waals surface area contributed by atoms with Gasteiger partial charge in [-0.15, -0.1) is 0 Å². The van der Waals surface area contributed by atoms with Crippen molar-refractivity contribution in [2.24, 2.45) is 0 Å². The Kier molecular flexibility index (Phi) is 6.70. The number of benzene rings is 2. The molecule has 0 radical (unpaired) electrons. The van der Waals surface area contributed by atoms with E-state index in [0.29, 0.717) is 10.8 Å². The maximum Gasteiger partial charge on any atom is 0.229 e. The minimum absolute atomic E-state index is 0.251. The lowest BCUT2D eigenvalue weighted by atomic mass is 9.96. The third-order valence-electron chi connectivity index (χ3n) is 6.74. The molecule has 1 fully saturated rings. The minimum Gasteiger partial charge on any atom is -0.351 e. The molecular weight excluding hydrogens is 521 g/mol. The number of aromatic nitrogens is 2. The highest BCUT2D eigenvalue weighted by Crippen LogP contribution is 2.44. The SMILES string of the molecule is Cc1cc(N2C(=S)N[C@H](c3ccccn3)[C@@H]2c2cc(C)n(-c3cccc(F)c3)c2C)ccc1NS(C)(=O)=O. The lowest BCUT2D eigenvalue weighted by Gasteiger charge is -2.29. The number of rotatable bonds is 6. The molecule has 0 amide bonds. The highest BCUT2D eigenvalue weighted by molar-refractivity contribution is 7.92. The van der Waals surface area contributed by atoms with Gasteiger partial charge >= 0.3 is 0 Å². The van der Waals surface area contributed by atoms with Gasteiger partial charge in [-0.2, -0.15) is 0 Å². The summed E-state index contributed by atoms with van der Waals surface area (Å²) in [6.07, 6.45) is 2.88. The van der Waals surface area contributed by atoms with Gasteiger partial charge in [0, 0.05) is 29.0 Å². The molecular formula is C28H28FN5O2S2. The first-order valence-corrected chi connectivity index (χ1v) is 14.4. The maximum atomic E-state index is 14.1. The third-order valence-corrected chi connectivity index (χ3v) is 7.64. The average Bonchev–Trinajstić information content (AvgIpc) is 3.35. The first-order valence-electron chi connectivity index (χ1n) is 12.1. The molecule has 1 saturated heterocycles. The number of sulfonamides is 1. The van der Waals surface area contributed by atoms with E-state index in [1.54, 1.807) is 18.3 Å². The molecule has 2 aromatic heterocycles. The molecule has 1 aliphatic heterocycles. The fourth-order valence-electron chi connectivity index (χ4n) is 5.16. The van der Waals surface area contributed by atoms with Crippen LogP contribution in [0.15, 0.2) is 72.9 Å². The predicted octanol–water partition coefficient (Wildman–Crippen LogP) is 5.49. The van der Waals surface area contributed by atoms with Crippen molar-refractivity contribution in [1.82, 2.24) is 14.9 Å². The summed E-state index contributed by atoms with van der Waals surface area (Å²) in [6, 6.07) is 19.4. The fourth-order valence-corrected chi connectivity index (χ4v) is 6.13. The zero-order valence-electron chi connectivity index (χ0n) is 21.4. The number of nitrogens with one attached hydrogen (secondary N) is 2. The van der Waals surface area contributed by atoms with Crippen LogP contribution in [0.1, 0.15) is 40.3 Å². The van der Waals surface area contributed by atoms with Crippen molar-refractivity contribution >= 4 is 38.7 Å². The van der Waals surface area contributed by atoms with Gasteiger partial charge in [-0.1, -0.05) is 12.1 Å². The standard InChI is InChI=1S/C28H28FN5O2S2/c1-17-14-22(11-12-24(17)32-38(4,35)36)34-27(26(31-28(34)37)25-10-5-6-13-30-25)23-15-18(2)33(19(23)3)21-9-7-8-20(29)16-21/h5-16,26-27,32H,1-4H3,(H,31,37)/t26-,27+/m1/s1. The summed E-state index contributed by atoms with van der Waals surface area (Å²) in [5.74, 6) is -0.300. The molecule has 1 aliphatic rings. The van der Waals surface area contributed by atoms with Crippen LogP contribution in [0, 0.1) is 26.6 Å². The average molecular weight is 550 g/mol. The van der Waals surface area contributed by atoms with Crippen LogP contribution in [0.2, 0.25) is 0 Å². The monoisotopic (exact) mass is 549 g/mol. The predicted molar refractivity (Wildman–Crippen MR) is 153 cm³/mol. The van der Waals surface area contributed by atoms with E-state index in [4.69, 9.17) is 12.2 Å². The van der Waals surface area contributed by atoms with Crippen molar-refractivity contribution in [1.29, 1.82) is 0 Å². The molecule has 4 aromatic rings. The van der Waals surface area contributed by atoms with E-state index in [9.17, 15) is 12.8 Å². The normalized spacial score (nSPS) is 17.5. The van der Waals surface area contributed by atoms with Crippen molar-refractivity contribution in [2.75, 3.05) is 15.9 Å². The molecule has 10 heteroatoms. The summed E-state index contributed by atoms with van der Waals surface area (Å²) in [5, 5.41) is 3.99. The molecule has 196 valence electrons. The van der Waals surface area contributed by atoms with Crippen LogP contribution in [-0.2, 0) is 10.0 Å². The molecule has 0 unspecified atom stereocenters. The summed E-state index contributed by atoms with van der Waals surface area (Å²) in [6.45, 7) is 5.87. The lowest BCUT2D eigenvalue weighted by molar-refractivity contribution is 0.565. The van der Waals surface area contributed by atoms with Gasteiger partial charge in [0.25, 0.3) is 0 Å². The highest BCUT2D eigenvalue weighted by Gasteiger charge is 2.42. The second-order valence-electron chi connectivity index (χ2n) is 9.51. The summed E-state index contributed by atoms with van der Waals surface area (Å²) in [7, 11) is -3.42. The summed E-state index contributed by atoms with van der Waals surface area (Å²) in [4.78, 5) is 6.66. The largest absolute Gasteiger partial charge is 0.351 e. The van der Waals surface area contributed by atoms with E-state index in [2.05, 4.69) is 21.1 Å². The Balaban J connectivity index is 1.65. The van der Waals surface area contributed by atoms with Crippen LogP contribution < -0.4 is 14.9 Å². The number of halogens is 1. The molecule has 7 nitrogen and oxygen atoms in total. The van der Waals surface area contributed by atoms with E-state index < -0.39 is 10.0 Å². The van der Waals surface area contributed by atoms with Gasteiger partial charge in [0.2, 0.25) is 10.0 Å². The van der Waals surface area contributed by atoms with Gasteiger partial charge in [0.1, 0.15) is 5.82 Å². The van der Waals surface area contributed by atoms with Crippen molar-refractivity contribution < 1.29 is 12.8 Å². The zero-order chi connectivity index (χ0) is 27.2. The Labute approximate surface area is 227 Å². The van der Waals surface area contributed by atoms with E-state index in [-0.39, 0.29) is 17.9 Å². The minimum atomic E-state index is -3.42. The Bertz CT molecular complexity index is 1640. The van der Waals surface area contributed by atoms with Gasteiger partial charge in [0.05, 0.1) is 29.7 Å². The number of hydrogen-bond donors (Lipinski definition) is 2. The van der Waals surface area contributed by atoms with Crippen LogP contribution in [0.25, 0.3) is 5.69 Å². The van der Waals surface area contributed by atoms with Crippen molar-refractivity contribution in [3.63, 3.8) is 0 Å². The van der Waals surface area contributed by atoms with Gasteiger partial charge < -0.3 is 14.8 Å². The van der Waals surface area contributed by atoms with Gasteiger partial charge in [-0.3, -0.25) is 9.71 Å².